The third-order valence-corrected chi connectivity index (χ3v) is 5.93. The summed E-state index contributed by atoms with van der Waals surface area (Å²) in [4.78, 5) is 22.5. The predicted molar refractivity (Wildman–Crippen MR) is 104 cm³/mol. The first-order chi connectivity index (χ1) is 13.6. The molecular weight excluding hydrogens is 359 g/mol. The van der Waals surface area contributed by atoms with Crippen LogP contribution in [-0.4, -0.2) is 48.6 Å². The normalized spacial score (nSPS) is 18.6. The van der Waals surface area contributed by atoms with Gasteiger partial charge in [0.25, 0.3) is 0 Å². The van der Waals surface area contributed by atoms with E-state index in [0.29, 0.717) is 49.8 Å². The average molecular weight is 384 g/mol. The molecule has 2 heterocycles. The second kappa shape index (κ2) is 7.93. The molecule has 2 fully saturated rings. The van der Waals surface area contributed by atoms with Gasteiger partial charge in [0.2, 0.25) is 0 Å². The fraction of sp³-hybridized carbons (Fsp3) is 0.476. The molecule has 6 nitrogen and oxygen atoms in total. The molecule has 1 aliphatic carbocycles. The molecule has 1 aliphatic heterocycles. The fourth-order valence-electron chi connectivity index (χ4n) is 4.07. The van der Waals surface area contributed by atoms with E-state index in [1.54, 1.807) is 18.5 Å². The second-order valence-corrected chi connectivity index (χ2v) is 7.59. The largest absolute Gasteiger partial charge is 0.378 e. The molecule has 28 heavy (non-hydrogen) atoms. The number of rotatable bonds is 6. The summed E-state index contributed by atoms with van der Waals surface area (Å²) in [6.07, 6.45) is 6.95. The zero-order valence-electron chi connectivity index (χ0n) is 15.9. The first kappa shape index (κ1) is 19.0. The molecule has 148 valence electrons. The maximum Gasteiger partial charge on any atom is 0.179 e. The van der Waals surface area contributed by atoms with E-state index in [1.165, 1.54) is 0 Å². The summed E-state index contributed by atoms with van der Waals surface area (Å²) >= 11 is 0. The molecule has 0 atom stereocenters. The number of Topliss-reactive ketones (excluding diaryl/α,β-unsaturated/α-hetero) is 1. The number of aromatic nitrogens is 2. The van der Waals surface area contributed by atoms with Gasteiger partial charge in [-0.15, -0.1) is 0 Å². The molecule has 0 bridgehead atoms. The highest BCUT2D eigenvalue weighted by Crippen LogP contribution is 2.46. The topological polar surface area (TPSA) is 81.3 Å². The van der Waals surface area contributed by atoms with Crippen molar-refractivity contribution < 1.29 is 13.9 Å². The van der Waals surface area contributed by atoms with Gasteiger partial charge in [-0.2, -0.15) is 0 Å². The van der Waals surface area contributed by atoms with Gasteiger partial charge in [-0.25, -0.2) is 14.4 Å². The molecule has 1 saturated carbocycles. The molecule has 2 aliphatic rings. The Morgan fingerprint density at radius 3 is 2.54 bits per heavy atom. The zero-order chi connectivity index (χ0) is 19.6. The summed E-state index contributed by atoms with van der Waals surface area (Å²) in [6, 6.07) is 5.46. The highest BCUT2D eigenvalue weighted by molar-refractivity contribution is 5.96. The van der Waals surface area contributed by atoms with Gasteiger partial charge >= 0.3 is 0 Å². The van der Waals surface area contributed by atoms with E-state index < -0.39 is 0 Å². The van der Waals surface area contributed by atoms with Crippen LogP contribution in [0.3, 0.4) is 0 Å². The van der Waals surface area contributed by atoms with Crippen molar-refractivity contribution in [1.29, 1.82) is 0 Å². The predicted octanol–water partition coefficient (Wildman–Crippen LogP) is 2.26. The van der Waals surface area contributed by atoms with Crippen molar-refractivity contribution in [3.63, 3.8) is 0 Å². The van der Waals surface area contributed by atoms with Crippen molar-refractivity contribution in [3.8, 4) is 0 Å². The first-order valence-corrected chi connectivity index (χ1v) is 9.78. The quantitative estimate of drug-likeness (QED) is 0.770. The Kier molecular flexibility index (Phi) is 5.37. The molecular formula is C21H25FN4O2. The minimum Gasteiger partial charge on any atom is -0.378 e. The number of nitrogens with two attached hydrogens (primary N) is 1. The van der Waals surface area contributed by atoms with Gasteiger partial charge in [-0.05, 0) is 30.5 Å². The summed E-state index contributed by atoms with van der Waals surface area (Å²) in [5, 5.41) is 0. The number of ketones is 1. The van der Waals surface area contributed by atoms with Crippen LogP contribution in [0.5, 0.6) is 0 Å². The number of nitrogens with zero attached hydrogens (tertiary/aromatic N) is 3. The number of morpholine rings is 1. The number of carbonyl (C=O) groups is 1. The molecule has 0 spiro atoms. The van der Waals surface area contributed by atoms with Crippen molar-refractivity contribution in [1.82, 2.24) is 9.97 Å². The van der Waals surface area contributed by atoms with Gasteiger partial charge in [0.15, 0.2) is 5.78 Å². The van der Waals surface area contributed by atoms with Gasteiger partial charge in [0.1, 0.15) is 11.6 Å². The molecule has 1 saturated heterocycles. The summed E-state index contributed by atoms with van der Waals surface area (Å²) in [7, 11) is 0. The molecule has 4 rings (SSSR count). The minimum atomic E-state index is -0.193. The molecule has 0 radical (unpaired) electrons. The van der Waals surface area contributed by atoms with Crippen LogP contribution in [0.1, 0.15) is 41.0 Å². The van der Waals surface area contributed by atoms with E-state index in [4.69, 9.17) is 10.5 Å². The smallest absolute Gasteiger partial charge is 0.179 e. The second-order valence-electron chi connectivity index (χ2n) is 7.59. The van der Waals surface area contributed by atoms with Gasteiger partial charge in [-0.1, -0.05) is 12.5 Å². The maximum atomic E-state index is 14.5. The summed E-state index contributed by atoms with van der Waals surface area (Å²) in [6.45, 7) is 2.60. The van der Waals surface area contributed by atoms with E-state index in [1.807, 2.05) is 12.1 Å². The van der Waals surface area contributed by atoms with Crippen LogP contribution in [0.2, 0.25) is 0 Å². The minimum absolute atomic E-state index is 0.0491. The van der Waals surface area contributed by atoms with Gasteiger partial charge in [0, 0.05) is 37.3 Å². The third-order valence-electron chi connectivity index (χ3n) is 5.93. The lowest BCUT2D eigenvalue weighted by Gasteiger charge is -2.43. The van der Waals surface area contributed by atoms with E-state index in [9.17, 15) is 9.18 Å². The first-order valence-electron chi connectivity index (χ1n) is 9.78. The monoisotopic (exact) mass is 384 g/mol. The number of anilines is 1. The molecule has 7 heteroatoms. The summed E-state index contributed by atoms with van der Waals surface area (Å²) in [5.74, 6) is 0.338. The third kappa shape index (κ3) is 3.64. The number of benzene rings is 1. The molecule has 2 N–H and O–H groups in total. The molecule has 1 aromatic heterocycles. The molecule has 2 aromatic rings. The van der Waals surface area contributed by atoms with E-state index in [-0.39, 0.29) is 23.6 Å². The Hall–Kier alpha value is -2.38. The van der Waals surface area contributed by atoms with Crippen molar-refractivity contribution in [2.24, 2.45) is 5.73 Å². The zero-order valence-corrected chi connectivity index (χ0v) is 15.9. The Bertz CT molecular complexity index is 846. The van der Waals surface area contributed by atoms with Crippen LogP contribution in [0.15, 0.2) is 30.6 Å². The van der Waals surface area contributed by atoms with E-state index in [0.717, 1.165) is 24.8 Å². The number of carbonyl (C=O) groups excluding carboxylic acids is 1. The lowest BCUT2D eigenvalue weighted by Crippen LogP contribution is -2.39. The maximum absolute atomic E-state index is 14.5. The summed E-state index contributed by atoms with van der Waals surface area (Å²) in [5.41, 5.74) is 7.53. The van der Waals surface area contributed by atoms with Gasteiger partial charge < -0.3 is 15.4 Å². The van der Waals surface area contributed by atoms with Crippen LogP contribution in [0, 0.1) is 5.82 Å². The Labute approximate surface area is 163 Å². The molecule has 1 aromatic carbocycles. The SMILES string of the molecule is NCC(=O)c1cnc(CC2(c3ccc(F)c(N4CCOCC4)c3)CCC2)nc1. The van der Waals surface area contributed by atoms with Crippen LogP contribution in [-0.2, 0) is 16.6 Å². The summed E-state index contributed by atoms with van der Waals surface area (Å²) < 4.78 is 19.9. The number of hydrogen-bond acceptors (Lipinski definition) is 6. The van der Waals surface area contributed by atoms with Crippen molar-refractivity contribution in [2.45, 2.75) is 31.1 Å². The van der Waals surface area contributed by atoms with Crippen LogP contribution >= 0.6 is 0 Å². The van der Waals surface area contributed by atoms with Crippen LogP contribution in [0.25, 0.3) is 0 Å². The van der Waals surface area contributed by atoms with Gasteiger partial charge in [0.05, 0.1) is 31.0 Å². The van der Waals surface area contributed by atoms with Gasteiger partial charge in [-0.3, -0.25) is 4.79 Å². The highest BCUT2D eigenvalue weighted by Gasteiger charge is 2.40. The fourth-order valence-corrected chi connectivity index (χ4v) is 4.07. The number of hydrogen-bond donors (Lipinski definition) is 1. The van der Waals surface area contributed by atoms with Crippen molar-refractivity contribution in [3.05, 3.63) is 53.4 Å². The van der Waals surface area contributed by atoms with Crippen LogP contribution in [0.4, 0.5) is 10.1 Å². The van der Waals surface area contributed by atoms with E-state index in [2.05, 4.69) is 14.9 Å². The Morgan fingerprint density at radius 1 is 1.21 bits per heavy atom. The Balaban J connectivity index is 1.58. The molecule has 0 unspecified atom stereocenters. The lowest BCUT2D eigenvalue weighted by atomic mass is 9.62. The van der Waals surface area contributed by atoms with Crippen molar-refractivity contribution in [2.75, 3.05) is 37.7 Å². The average Bonchev–Trinajstić information content (AvgIpc) is 2.72. The number of halogens is 1. The lowest BCUT2D eigenvalue weighted by molar-refractivity contribution is 0.100. The molecule has 0 amide bonds. The highest BCUT2D eigenvalue weighted by atomic mass is 19.1. The number of ether oxygens (including phenoxy) is 1. The standard InChI is InChI=1S/C21H25FN4O2/c22-17-3-2-16(10-18(17)26-6-8-28-9-7-26)21(4-1-5-21)11-20-24-13-15(14-25-20)19(27)12-23/h2-3,10,13-14H,1,4-9,11-12,23H2. The van der Waals surface area contributed by atoms with E-state index >= 15 is 0 Å². The van der Waals surface area contributed by atoms with Crippen LogP contribution < -0.4 is 10.6 Å². The van der Waals surface area contributed by atoms with Crippen molar-refractivity contribution >= 4 is 11.5 Å². The Morgan fingerprint density at radius 2 is 1.93 bits per heavy atom.